The normalized spacial score (nSPS) is 12.1. The van der Waals surface area contributed by atoms with Crippen LogP contribution in [0.3, 0.4) is 0 Å². The minimum atomic E-state index is 0.882. The quantitative estimate of drug-likeness (QED) is 0.183. The van der Waals surface area contributed by atoms with Gasteiger partial charge in [0.2, 0.25) is 0 Å². The lowest BCUT2D eigenvalue weighted by Gasteiger charge is -2.17. The van der Waals surface area contributed by atoms with Crippen LogP contribution in [-0.4, -0.2) is 14.5 Å². The van der Waals surface area contributed by atoms with Crippen LogP contribution >= 0.6 is 11.3 Å². The van der Waals surface area contributed by atoms with Crippen LogP contribution in [-0.2, 0) is 0 Å². The Labute approximate surface area is 314 Å². The summed E-state index contributed by atoms with van der Waals surface area (Å²) >= 11 is 1.83. The van der Waals surface area contributed by atoms with Gasteiger partial charge in [-0.25, -0.2) is 9.97 Å². The van der Waals surface area contributed by atoms with Gasteiger partial charge in [-0.15, -0.1) is 11.3 Å². The van der Waals surface area contributed by atoms with Gasteiger partial charge in [-0.1, -0.05) is 121 Å². The second-order valence-corrected chi connectivity index (χ2v) is 15.2. The molecule has 0 saturated carbocycles. The van der Waals surface area contributed by atoms with Crippen LogP contribution in [0.4, 0.5) is 0 Å². The molecule has 0 bridgehead atoms. The van der Waals surface area contributed by atoms with E-state index in [1.807, 2.05) is 23.5 Å². The Morgan fingerprint density at radius 2 is 0.944 bits per heavy atom. The van der Waals surface area contributed by atoms with Crippen molar-refractivity contribution in [2.45, 2.75) is 0 Å². The maximum Gasteiger partial charge on any atom is 0.0979 e. The number of hydrogen-bond donors (Lipinski definition) is 0. The van der Waals surface area contributed by atoms with Gasteiger partial charge in [0.15, 0.2) is 0 Å². The second kappa shape index (κ2) is 11.3. The van der Waals surface area contributed by atoms with Gasteiger partial charge in [0, 0.05) is 47.5 Å². The van der Waals surface area contributed by atoms with E-state index in [0.717, 1.165) is 50.0 Å². The van der Waals surface area contributed by atoms with Crippen molar-refractivity contribution < 1.29 is 0 Å². The number of fused-ring (bicyclic) bond motifs is 12. The molecular weight excluding hydrogens is 675 g/mol. The summed E-state index contributed by atoms with van der Waals surface area (Å²) in [5.74, 6) is 0. The Bertz CT molecular complexity index is 3420. The SMILES string of the molecule is c1ccc2c(c1)ccc1c2c2c3ccccc3ccc2n1-c1ccc(-c2nc3ccccc3nc2-c2ccc3sc4ccccc4c3c2)c2ccccc12. The van der Waals surface area contributed by atoms with Crippen LogP contribution in [0, 0.1) is 0 Å². The lowest BCUT2D eigenvalue weighted by molar-refractivity contribution is 1.20. The molecule has 3 aromatic heterocycles. The lowest BCUT2D eigenvalue weighted by Crippen LogP contribution is -1.99. The molecule has 12 aromatic rings. The number of benzene rings is 9. The van der Waals surface area contributed by atoms with Crippen molar-refractivity contribution in [1.29, 1.82) is 0 Å². The highest BCUT2D eigenvalue weighted by atomic mass is 32.1. The molecule has 0 radical (unpaired) electrons. The summed E-state index contributed by atoms with van der Waals surface area (Å²) in [6, 6.07) is 63.6. The first kappa shape index (κ1) is 29.7. The van der Waals surface area contributed by atoms with E-state index in [1.165, 1.54) is 63.5 Å². The Morgan fingerprint density at radius 3 is 1.65 bits per heavy atom. The standard InChI is InChI=1S/C50H29N3S/c1-3-13-33-30(11-1)21-25-43-47(33)48-34-14-4-2-12-31(34)22-26-44(48)53(43)42-27-24-38(35-15-5-6-16-36(35)42)50-49(51-40-18-8-9-19-41(40)52-50)32-23-28-46-39(29-32)37-17-7-10-20-45(37)54-46/h1-29H. The summed E-state index contributed by atoms with van der Waals surface area (Å²) in [4.78, 5) is 10.7. The number of rotatable bonds is 3. The predicted octanol–water partition coefficient (Wildman–Crippen LogP) is 13.9. The number of thiophene rings is 1. The fourth-order valence-corrected chi connectivity index (χ4v) is 9.84. The predicted molar refractivity (Wildman–Crippen MR) is 230 cm³/mol. The first-order valence-corrected chi connectivity index (χ1v) is 19.1. The number of nitrogens with zero attached hydrogens (tertiary/aromatic N) is 3. The smallest absolute Gasteiger partial charge is 0.0979 e. The molecule has 0 aliphatic carbocycles. The average Bonchev–Trinajstić information content (AvgIpc) is 3.79. The summed E-state index contributed by atoms with van der Waals surface area (Å²) in [7, 11) is 0. The average molecular weight is 704 g/mol. The minimum absolute atomic E-state index is 0.882. The van der Waals surface area contributed by atoms with Crippen LogP contribution in [0.15, 0.2) is 176 Å². The molecule has 250 valence electrons. The van der Waals surface area contributed by atoms with Crippen LogP contribution in [0.5, 0.6) is 0 Å². The van der Waals surface area contributed by atoms with Crippen molar-refractivity contribution in [3.05, 3.63) is 176 Å². The van der Waals surface area contributed by atoms with Crippen molar-refractivity contribution in [3.63, 3.8) is 0 Å². The zero-order valence-corrected chi connectivity index (χ0v) is 29.8. The largest absolute Gasteiger partial charge is 0.309 e. The van der Waals surface area contributed by atoms with Gasteiger partial charge < -0.3 is 4.57 Å². The van der Waals surface area contributed by atoms with Gasteiger partial charge >= 0.3 is 0 Å². The molecule has 0 amide bonds. The summed E-state index contributed by atoms with van der Waals surface area (Å²) < 4.78 is 5.04. The van der Waals surface area contributed by atoms with E-state index in [9.17, 15) is 0 Å². The van der Waals surface area contributed by atoms with Crippen molar-refractivity contribution >= 4 is 96.7 Å². The molecule has 0 aliphatic heterocycles. The minimum Gasteiger partial charge on any atom is -0.309 e. The third-order valence-electron chi connectivity index (χ3n) is 11.2. The molecular formula is C50H29N3S. The van der Waals surface area contributed by atoms with Gasteiger partial charge in [0.25, 0.3) is 0 Å². The maximum atomic E-state index is 5.40. The Morgan fingerprint density at radius 1 is 0.389 bits per heavy atom. The molecule has 0 unspecified atom stereocenters. The molecule has 3 nitrogen and oxygen atoms in total. The van der Waals surface area contributed by atoms with Gasteiger partial charge in [-0.05, 0) is 81.5 Å². The summed E-state index contributed by atoms with van der Waals surface area (Å²) in [6.45, 7) is 0. The molecule has 0 spiro atoms. The fraction of sp³-hybridized carbons (Fsp3) is 0. The van der Waals surface area contributed by atoms with Crippen LogP contribution in [0.2, 0.25) is 0 Å². The van der Waals surface area contributed by atoms with Crippen LogP contribution in [0.1, 0.15) is 0 Å². The molecule has 12 rings (SSSR count). The van der Waals surface area contributed by atoms with Crippen LogP contribution in [0.25, 0.3) is 114 Å². The zero-order valence-electron chi connectivity index (χ0n) is 29.0. The molecule has 54 heavy (non-hydrogen) atoms. The van der Waals surface area contributed by atoms with E-state index in [1.54, 1.807) is 0 Å². The second-order valence-electron chi connectivity index (χ2n) is 14.1. The van der Waals surface area contributed by atoms with Crippen molar-refractivity contribution in [2.24, 2.45) is 0 Å². The summed E-state index contributed by atoms with van der Waals surface area (Å²) in [6.07, 6.45) is 0. The highest BCUT2D eigenvalue weighted by Crippen LogP contribution is 2.44. The third-order valence-corrected chi connectivity index (χ3v) is 12.3. The fourth-order valence-electron chi connectivity index (χ4n) is 8.75. The zero-order chi connectivity index (χ0) is 35.3. The Hall–Kier alpha value is -6.88. The maximum absolute atomic E-state index is 5.40. The molecule has 0 saturated heterocycles. The van der Waals surface area contributed by atoms with Crippen molar-refractivity contribution in [3.8, 4) is 28.2 Å². The van der Waals surface area contributed by atoms with Gasteiger partial charge in [-0.2, -0.15) is 0 Å². The summed E-state index contributed by atoms with van der Waals surface area (Å²) in [5, 5.41) is 12.4. The molecule has 4 heteroatoms. The van der Waals surface area contributed by atoms with E-state index < -0.39 is 0 Å². The molecule has 0 atom stereocenters. The first-order valence-electron chi connectivity index (χ1n) is 18.3. The van der Waals surface area contributed by atoms with Crippen LogP contribution < -0.4 is 0 Å². The van der Waals surface area contributed by atoms with Gasteiger partial charge in [0.05, 0.1) is 39.1 Å². The highest BCUT2D eigenvalue weighted by Gasteiger charge is 2.22. The third kappa shape index (κ3) is 4.23. The molecule has 3 heterocycles. The van der Waals surface area contributed by atoms with E-state index in [2.05, 4.69) is 168 Å². The highest BCUT2D eigenvalue weighted by molar-refractivity contribution is 7.25. The monoisotopic (exact) mass is 703 g/mol. The topological polar surface area (TPSA) is 30.7 Å². The van der Waals surface area contributed by atoms with Crippen molar-refractivity contribution in [1.82, 2.24) is 14.5 Å². The molecule has 0 fully saturated rings. The Kier molecular flexibility index (Phi) is 6.21. The van der Waals surface area contributed by atoms with E-state index in [4.69, 9.17) is 9.97 Å². The van der Waals surface area contributed by atoms with Gasteiger partial charge in [-0.3, -0.25) is 0 Å². The van der Waals surface area contributed by atoms with Crippen molar-refractivity contribution in [2.75, 3.05) is 0 Å². The number of aromatic nitrogens is 3. The molecule has 0 aliphatic rings. The van der Waals surface area contributed by atoms with E-state index >= 15 is 0 Å². The number of para-hydroxylation sites is 2. The Balaban J connectivity index is 1.16. The lowest BCUT2D eigenvalue weighted by atomic mass is 9.96. The van der Waals surface area contributed by atoms with E-state index in [0.29, 0.717) is 0 Å². The first-order chi connectivity index (χ1) is 26.8. The molecule has 9 aromatic carbocycles. The van der Waals surface area contributed by atoms with Gasteiger partial charge in [0.1, 0.15) is 0 Å². The molecule has 0 N–H and O–H groups in total. The van der Waals surface area contributed by atoms with E-state index in [-0.39, 0.29) is 0 Å². The summed E-state index contributed by atoms with van der Waals surface area (Å²) in [5.41, 5.74) is 9.20. The number of hydrogen-bond acceptors (Lipinski definition) is 3.